The third-order valence-corrected chi connectivity index (χ3v) is 4.60. The van der Waals surface area contributed by atoms with Gasteiger partial charge in [0.25, 0.3) is 0 Å². The molecule has 3 rings (SSSR count). The number of hydrogen-bond acceptors (Lipinski definition) is 2. The van der Waals surface area contributed by atoms with E-state index in [0.29, 0.717) is 0 Å². The van der Waals surface area contributed by atoms with Crippen LogP contribution in [-0.2, 0) is 6.18 Å². The maximum absolute atomic E-state index is 13.9. The van der Waals surface area contributed by atoms with Gasteiger partial charge in [0.05, 0.1) is 16.9 Å². The number of amides is 4. The van der Waals surface area contributed by atoms with Gasteiger partial charge in [-0.05, 0) is 48.5 Å². The normalized spacial score (nSPS) is 11.0. The molecule has 11 heteroatoms. The topological polar surface area (TPSA) is 73.5 Å². The van der Waals surface area contributed by atoms with Crippen LogP contribution in [-0.4, -0.2) is 25.2 Å². The van der Waals surface area contributed by atoms with E-state index in [4.69, 9.17) is 0 Å². The molecule has 0 unspecified atom stereocenters. The second-order valence-corrected chi connectivity index (χ2v) is 6.96. The molecule has 178 valence electrons. The zero-order valence-corrected chi connectivity index (χ0v) is 17.5. The lowest BCUT2D eigenvalue weighted by Gasteiger charge is -2.24. The summed E-state index contributed by atoms with van der Waals surface area (Å²) in [4.78, 5) is 26.0. The van der Waals surface area contributed by atoms with E-state index in [2.05, 4.69) is 16.0 Å². The summed E-state index contributed by atoms with van der Waals surface area (Å²) in [7, 11) is 0. The summed E-state index contributed by atoms with van der Waals surface area (Å²) in [5.41, 5.74) is -1.28. The van der Waals surface area contributed by atoms with Crippen molar-refractivity contribution in [2.75, 3.05) is 28.6 Å². The van der Waals surface area contributed by atoms with E-state index in [1.165, 1.54) is 42.5 Å². The number of carbonyl (C=O) groups excluding carboxylic acids is 2. The lowest BCUT2D eigenvalue weighted by atomic mass is 10.1. The number of alkyl halides is 3. The molecule has 0 saturated heterocycles. The number of para-hydroxylation sites is 2. The van der Waals surface area contributed by atoms with Gasteiger partial charge in [0.2, 0.25) is 0 Å². The van der Waals surface area contributed by atoms with E-state index < -0.39 is 41.1 Å². The Labute approximate surface area is 191 Å². The van der Waals surface area contributed by atoms with E-state index in [1.54, 1.807) is 0 Å². The Balaban J connectivity index is 1.68. The van der Waals surface area contributed by atoms with Crippen molar-refractivity contribution in [1.82, 2.24) is 5.32 Å². The van der Waals surface area contributed by atoms with Crippen LogP contribution in [0.2, 0.25) is 0 Å². The first kappa shape index (κ1) is 24.5. The molecule has 0 heterocycles. The SMILES string of the molecule is O=C(NCCN(C(=O)Nc1ccccc1F)c1ccc(F)cc1)Nc1ccccc1C(F)(F)F. The summed E-state index contributed by atoms with van der Waals surface area (Å²) in [6.07, 6.45) is -4.66. The number of benzene rings is 3. The monoisotopic (exact) mass is 478 g/mol. The van der Waals surface area contributed by atoms with Gasteiger partial charge in [0.1, 0.15) is 11.6 Å². The predicted octanol–water partition coefficient (Wildman–Crippen LogP) is 5.84. The average Bonchev–Trinajstić information content (AvgIpc) is 2.78. The summed E-state index contributed by atoms with van der Waals surface area (Å²) in [5, 5.41) is 6.88. The van der Waals surface area contributed by atoms with Gasteiger partial charge in [-0.15, -0.1) is 0 Å². The van der Waals surface area contributed by atoms with Crippen LogP contribution in [0.5, 0.6) is 0 Å². The molecule has 0 fully saturated rings. The molecule has 0 bridgehead atoms. The van der Waals surface area contributed by atoms with Gasteiger partial charge in [0.15, 0.2) is 0 Å². The molecule has 6 nitrogen and oxygen atoms in total. The zero-order valence-electron chi connectivity index (χ0n) is 17.5. The molecule has 0 aliphatic heterocycles. The highest BCUT2D eigenvalue weighted by Crippen LogP contribution is 2.34. The van der Waals surface area contributed by atoms with E-state index in [1.807, 2.05) is 0 Å². The highest BCUT2D eigenvalue weighted by molar-refractivity contribution is 6.02. The van der Waals surface area contributed by atoms with Crippen LogP contribution in [0.4, 0.5) is 48.6 Å². The number of carbonyl (C=O) groups is 2. The Morgan fingerprint density at radius 1 is 0.794 bits per heavy atom. The first-order valence-corrected chi connectivity index (χ1v) is 9.95. The average molecular weight is 478 g/mol. The Morgan fingerprint density at radius 3 is 2.06 bits per heavy atom. The van der Waals surface area contributed by atoms with E-state index in [0.717, 1.165) is 35.2 Å². The molecular formula is C23H19F5N4O2. The summed E-state index contributed by atoms with van der Waals surface area (Å²) in [5.74, 6) is -1.21. The van der Waals surface area contributed by atoms with Crippen molar-refractivity contribution in [3.05, 3.63) is 90.0 Å². The van der Waals surface area contributed by atoms with Crippen LogP contribution < -0.4 is 20.9 Å². The number of nitrogens with zero attached hydrogens (tertiary/aromatic N) is 1. The van der Waals surface area contributed by atoms with E-state index in [9.17, 15) is 31.5 Å². The lowest BCUT2D eigenvalue weighted by Crippen LogP contribution is -2.42. The molecule has 3 aromatic rings. The van der Waals surface area contributed by atoms with Crippen molar-refractivity contribution in [3.63, 3.8) is 0 Å². The van der Waals surface area contributed by atoms with Crippen LogP contribution in [0.1, 0.15) is 5.56 Å². The van der Waals surface area contributed by atoms with Crippen LogP contribution in [0.3, 0.4) is 0 Å². The number of anilines is 3. The van der Waals surface area contributed by atoms with Crippen molar-refractivity contribution in [2.24, 2.45) is 0 Å². The van der Waals surface area contributed by atoms with Gasteiger partial charge in [-0.3, -0.25) is 4.90 Å². The molecule has 3 aromatic carbocycles. The largest absolute Gasteiger partial charge is 0.418 e. The van der Waals surface area contributed by atoms with Gasteiger partial charge in [-0.2, -0.15) is 13.2 Å². The third kappa shape index (κ3) is 6.44. The molecule has 3 N–H and O–H groups in total. The minimum atomic E-state index is -4.66. The molecule has 4 amide bonds. The number of nitrogens with one attached hydrogen (secondary N) is 3. The molecule has 0 atom stereocenters. The molecule has 0 aliphatic carbocycles. The Kier molecular flexibility index (Phi) is 7.67. The van der Waals surface area contributed by atoms with Crippen molar-refractivity contribution in [2.45, 2.75) is 6.18 Å². The fraction of sp³-hybridized carbons (Fsp3) is 0.130. The maximum Gasteiger partial charge on any atom is 0.418 e. The zero-order chi connectivity index (χ0) is 24.7. The first-order valence-electron chi connectivity index (χ1n) is 9.95. The molecule has 34 heavy (non-hydrogen) atoms. The number of urea groups is 2. The molecule has 0 spiro atoms. The molecular weight excluding hydrogens is 459 g/mol. The summed E-state index contributed by atoms with van der Waals surface area (Å²) in [6.45, 7) is -0.331. The van der Waals surface area contributed by atoms with Crippen LogP contribution in [0.25, 0.3) is 0 Å². The van der Waals surface area contributed by atoms with Gasteiger partial charge in [-0.1, -0.05) is 24.3 Å². The molecule has 0 saturated carbocycles. The molecule has 0 aromatic heterocycles. The van der Waals surface area contributed by atoms with Gasteiger partial charge < -0.3 is 16.0 Å². The Bertz CT molecular complexity index is 1150. The Morgan fingerprint density at radius 2 is 1.41 bits per heavy atom. The summed E-state index contributed by atoms with van der Waals surface area (Å²) < 4.78 is 66.5. The smallest absolute Gasteiger partial charge is 0.336 e. The fourth-order valence-corrected chi connectivity index (χ4v) is 3.00. The highest BCUT2D eigenvalue weighted by Gasteiger charge is 2.33. The first-order chi connectivity index (χ1) is 16.1. The van der Waals surface area contributed by atoms with Crippen LogP contribution in [0.15, 0.2) is 72.8 Å². The minimum Gasteiger partial charge on any atom is -0.336 e. The maximum atomic E-state index is 13.9. The van der Waals surface area contributed by atoms with Crippen LogP contribution >= 0.6 is 0 Å². The number of hydrogen-bond donors (Lipinski definition) is 3. The third-order valence-electron chi connectivity index (χ3n) is 4.60. The van der Waals surface area contributed by atoms with Gasteiger partial charge in [-0.25, -0.2) is 18.4 Å². The van der Waals surface area contributed by atoms with Crippen LogP contribution in [0, 0.1) is 11.6 Å². The fourth-order valence-electron chi connectivity index (χ4n) is 3.00. The molecule has 0 aliphatic rings. The van der Waals surface area contributed by atoms with Crippen molar-refractivity contribution in [3.8, 4) is 0 Å². The van der Waals surface area contributed by atoms with Crippen molar-refractivity contribution < 1.29 is 31.5 Å². The molecule has 0 radical (unpaired) electrons. The standard InChI is InChI=1S/C23H19F5N4O2/c24-15-9-11-16(12-10-15)32(22(34)31-20-8-4-2-6-18(20)25)14-13-29-21(33)30-19-7-3-1-5-17(19)23(26,27)28/h1-12H,13-14H2,(H,31,34)(H2,29,30,33). The number of halogens is 5. The van der Waals surface area contributed by atoms with E-state index >= 15 is 0 Å². The second-order valence-electron chi connectivity index (χ2n) is 6.96. The summed E-state index contributed by atoms with van der Waals surface area (Å²) in [6, 6.07) is 13.1. The van der Waals surface area contributed by atoms with Gasteiger partial charge >= 0.3 is 18.2 Å². The van der Waals surface area contributed by atoms with Crippen molar-refractivity contribution >= 4 is 29.1 Å². The summed E-state index contributed by atoms with van der Waals surface area (Å²) >= 11 is 0. The van der Waals surface area contributed by atoms with Crippen molar-refractivity contribution in [1.29, 1.82) is 0 Å². The highest BCUT2D eigenvalue weighted by atomic mass is 19.4. The van der Waals surface area contributed by atoms with E-state index in [-0.39, 0.29) is 24.5 Å². The Hall–Kier alpha value is -4.15. The van der Waals surface area contributed by atoms with Gasteiger partial charge in [0, 0.05) is 18.8 Å². The second kappa shape index (κ2) is 10.6. The lowest BCUT2D eigenvalue weighted by molar-refractivity contribution is -0.136. The predicted molar refractivity (Wildman–Crippen MR) is 118 cm³/mol. The minimum absolute atomic E-state index is 0.0888. The number of rotatable bonds is 6. The quantitative estimate of drug-likeness (QED) is 0.389.